The van der Waals surface area contributed by atoms with E-state index < -0.39 is 0 Å². The quantitative estimate of drug-likeness (QED) is 0.468. The van der Waals surface area contributed by atoms with Gasteiger partial charge in [0, 0.05) is 0 Å². The van der Waals surface area contributed by atoms with Crippen molar-refractivity contribution in [1.82, 2.24) is 0 Å². The average Bonchev–Trinajstić information content (AvgIpc) is 1.38. The van der Waals surface area contributed by atoms with Gasteiger partial charge in [0.05, 0.1) is 0 Å². The van der Waals surface area contributed by atoms with Gasteiger partial charge in [0.2, 0.25) is 0 Å². The molecule has 1 radical (unpaired) electrons. The van der Waals surface area contributed by atoms with Gasteiger partial charge in [-0.3, -0.25) is 0 Å². The van der Waals surface area contributed by atoms with E-state index in [-0.39, 0.29) is 6.10 Å². The predicted octanol–water partition coefficient (Wildman–Crippen LogP) is -0.767. The zero-order valence-electron chi connectivity index (χ0n) is 3.02. The molecule has 0 fully saturated rings. The van der Waals surface area contributed by atoms with E-state index in [1.807, 2.05) is 0 Å². The van der Waals surface area contributed by atoms with Crippen LogP contribution in [0, 0.1) is 6.92 Å². The van der Waals surface area contributed by atoms with E-state index in [4.69, 9.17) is 5.11 Å². The van der Waals surface area contributed by atoms with Crippen LogP contribution in [-0.4, -0.2) is 28.1 Å². The molecule has 0 aromatic heterocycles. The fraction of sp³-hybridized carbons (Fsp3) is 0.667. The molecule has 0 aliphatic rings. The molecule has 0 aromatic rings. The van der Waals surface area contributed by atoms with Crippen molar-refractivity contribution in [3.05, 3.63) is 6.92 Å². The molecular weight excluding hydrogens is 127 g/mol. The average molecular weight is 135 g/mol. The fourth-order valence-corrected chi connectivity index (χ4v) is 0. The Morgan fingerprint density at radius 1 is 2.00 bits per heavy atom. The molecule has 0 bridgehead atoms. The first-order chi connectivity index (χ1) is 2.27. The van der Waals surface area contributed by atoms with Crippen molar-refractivity contribution in [2.75, 3.05) is 0 Å². The van der Waals surface area contributed by atoms with E-state index in [9.17, 15) is 0 Å². The Balaban J connectivity index is 2.54. The minimum absolute atomic E-state index is 0.338. The third-order valence-electron chi connectivity index (χ3n) is 0.272. The third kappa shape index (κ3) is 4.52. The Morgan fingerprint density at radius 2 is 2.20 bits per heavy atom. The number of aliphatic hydroxyl groups excluding tert-OH is 1. The summed E-state index contributed by atoms with van der Waals surface area (Å²) in [6.07, 6.45) is -0.338. The van der Waals surface area contributed by atoms with Gasteiger partial charge in [-0.1, -0.05) is 0 Å². The van der Waals surface area contributed by atoms with Gasteiger partial charge in [-0.05, 0) is 0 Å². The first-order valence-electron chi connectivity index (χ1n) is 1.48. The molecule has 2 unspecified atom stereocenters. The molecule has 0 saturated heterocycles. The zero-order valence-corrected chi connectivity index (χ0v) is 5.44. The number of rotatable bonds is 1. The van der Waals surface area contributed by atoms with Crippen LogP contribution in [0.5, 0.6) is 0 Å². The summed E-state index contributed by atoms with van der Waals surface area (Å²) in [7, 11) is 0. The molecule has 0 saturated carbocycles. The van der Waals surface area contributed by atoms with Crippen molar-refractivity contribution in [3.8, 4) is 0 Å². The van der Waals surface area contributed by atoms with Crippen LogP contribution >= 0.6 is 0 Å². The SMILES string of the molecule is [CH2]C(O)C[AsH2]. The Morgan fingerprint density at radius 3 is 2.20 bits per heavy atom. The van der Waals surface area contributed by atoms with Crippen LogP contribution < -0.4 is 0 Å². The van der Waals surface area contributed by atoms with Crippen molar-refractivity contribution >= 4 is 16.9 Å². The summed E-state index contributed by atoms with van der Waals surface area (Å²) in [5.74, 6) is 0. The Labute approximate surface area is 40.9 Å². The molecule has 0 amide bonds. The molecule has 0 aromatic carbocycles. The van der Waals surface area contributed by atoms with Crippen molar-refractivity contribution in [2.24, 2.45) is 0 Å². The minimum atomic E-state index is -0.338. The van der Waals surface area contributed by atoms with Crippen LogP contribution in [0.4, 0.5) is 0 Å². The van der Waals surface area contributed by atoms with Crippen LogP contribution in [0.15, 0.2) is 0 Å². The molecule has 31 valence electrons. The molecule has 0 aliphatic carbocycles. The monoisotopic (exact) mass is 135 g/mol. The van der Waals surface area contributed by atoms with E-state index >= 15 is 0 Å². The second-order valence-electron chi connectivity index (χ2n) is 0.890. The Kier molecular flexibility index (Phi) is 3.02. The molecular formula is C3H8AsO. The van der Waals surface area contributed by atoms with E-state index in [1.54, 1.807) is 0 Å². The van der Waals surface area contributed by atoms with E-state index in [1.165, 1.54) is 16.9 Å². The van der Waals surface area contributed by atoms with Gasteiger partial charge in [-0.2, -0.15) is 0 Å². The van der Waals surface area contributed by atoms with E-state index in [0.29, 0.717) is 0 Å². The molecule has 1 N–H and O–H groups in total. The van der Waals surface area contributed by atoms with E-state index in [2.05, 4.69) is 6.92 Å². The summed E-state index contributed by atoms with van der Waals surface area (Å²) >= 11 is 1.52. The standard InChI is InChI=1S/C3H8AsO/c1-3(5)2-4/h3,5H,1-2,4H2. The summed E-state index contributed by atoms with van der Waals surface area (Å²) in [5.41, 5.74) is 0. The number of hydrogen-bond donors (Lipinski definition) is 1. The Hall–Kier alpha value is 0.518. The van der Waals surface area contributed by atoms with Crippen molar-refractivity contribution in [2.45, 2.75) is 11.3 Å². The molecule has 2 heteroatoms. The van der Waals surface area contributed by atoms with Gasteiger partial charge >= 0.3 is 40.2 Å². The topological polar surface area (TPSA) is 20.2 Å². The molecule has 0 heterocycles. The molecule has 0 rings (SSSR count). The Bertz CT molecular complexity index is 20.9. The normalized spacial score (nSPS) is 15.0. The zero-order chi connectivity index (χ0) is 4.28. The predicted molar refractivity (Wildman–Crippen MR) is 24.7 cm³/mol. The van der Waals surface area contributed by atoms with Crippen molar-refractivity contribution in [3.63, 3.8) is 0 Å². The van der Waals surface area contributed by atoms with E-state index in [0.717, 1.165) is 5.21 Å². The second kappa shape index (κ2) is 2.74. The molecule has 5 heavy (non-hydrogen) atoms. The molecule has 1 nitrogen and oxygen atoms in total. The van der Waals surface area contributed by atoms with Gasteiger partial charge in [0.1, 0.15) is 0 Å². The van der Waals surface area contributed by atoms with Gasteiger partial charge in [-0.25, -0.2) is 0 Å². The summed E-state index contributed by atoms with van der Waals surface area (Å²) in [6.45, 7) is 3.33. The van der Waals surface area contributed by atoms with Crippen molar-refractivity contribution < 1.29 is 5.11 Å². The number of hydrogen-bond acceptors (Lipinski definition) is 1. The van der Waals surface area contributed by atoms with Crippen LogP contribution in [-0.2, 0) is 0 Å². The summed E-state index contributed by atoms with van der Waals surface area (Å²) in [4.78, 5) is 0. The first-order valence-corrected chi connectivity index (χ1v) is 3.20. The van der Waals surface area contributed by atoms with Gasteiger partial charge in [-0.15, -0.1) is 0 Å². The molecule has 2 atom stereocenters. The van der Waals surface area contributed by atoms with Gasteiger partial charge in [0.25, 0.3) is 0 Å². The summed E-state index contributed by atoms with van der Waals surface area (Å²) in [6, 6.07) is 0. The van der Waals surface area contributed by atoms with Crippen LogP contribution in [0.1, 0.15) is 0 Å². The van der Waals surface area contributed by atoms with Gasteiger partial charge in [0.15, 0.2) is 0 Å². The summed E-state index contributed by atoms with van der Waals surface area (Å²) < 4.78 is 0. The van der Waals surface area contributed by atoms with Gasteiger partial charge < -0.3 is 0 Å². The molecule has 0 spiro atoms. The fourth-order valence-electron chi connectivity index (χ4n) is 0. The second-order valence-corrected chi connectivity index (χ2v) is 1.88. The number of aliphatic hydroxyl groups is 1. The first kappa shape index (κ1) is 5.52. The maximum atomic E-state index is 8.27. The van der Waals surface area contributed by atoms with Crippen molar-refractivity contribution in [1.29, 1.82) is 0 Å². The maximum absolute atomic E-state index is 8.27. The van der Waals surface area contributed by atoms with Crippen LogP contribution in [0.3, 0.4) is 0 Å². The van der Waals surface area contributed by atoms with Crippen LogP contribution in [0.25, 0.3) is 0 Å². The van der Waals surface area contributed by atoms with Crippen LogP contribution in [0.2, 0.25) is 5.21 Å². The molecule has 0 aliphatic heterocycles. The summed E-state index contributed by atoms with van der Waals surface area (Å²) in [5, 5.41) is 9.08. The third-order valence-corrected chi connectivity index (χ3v) is 1.41.